The van der Waals surface area contributed by atoms with E-state index in [9.17, 15) is 0 Å². The molecule has 4 nitrogen and oxygen atoms in total. The van der Waals surface area contributed by atoms with E-state index >= 15 is 0 Å². The van der Waals surface area contributed by atoms with Crippen LogP contribution in [0.1, 0.15) is 5.69 Å². The number of nitrogens with zero attached hydrogens (tertiary/aromatic N) is 1. The highest BCUT2D eigenvalue weighted by Gasteiger charge is 2.14. The molecule has 2 aromatic rings. The van der Waals surface area contributed by atoms with E-state index in [4.69, 9.17) is 15.0 Å². The summed E-state index contributed by atoms with van der Waals surface area (Å²) in [5, 5.41) is 3.86. The van der Waals surface area contributed by atoms with Crippen LogP contribution in [0.4, 0.5) is 5.88 Å². The summed E-state index contributed by atoms with van der Waals surface area (Å²) < 4.78 is 9.98. The van der Waals surface area contributed by atoms with E-state index in [1.54, 1.807) is 7.11 Å². The molecule has 1 heterocycles. The first-order valence-electron chi connectivity index (χ1n) is 4.61. The molecule has 0 bridgehead atoms. The quantitative estimate of drug-likeness (QED) is 0.831. The van der Waals surface area contributed by atoms with Crippen molar-refractivity contribution in [2.24, 2.45) is 0 Å². The van der Waals surface area contributed by atoms with Gasteiger partial charge in [-0.3, -0.25) is 0 Å². The van der Waals surface area contributed by atoms with E-state index in [1.165, 1.54) is 0 Å². The lowest BCUT2D eigenvalue weighted by molar-refractivity contribution is 0.178. The van der Waals surface area contributed by atoms with Gasteiger partial charge in [0.2, 0.25) is 5.88 Å². The Kier molecular flexibility index (Phi) is 2.69. The van der Waals surface area contributed by atoms with Crippen molar-refractivity contribution in [1.29, 1.82) is 0 Å². The van der Waals surface area contributed by atoms with Gasteiger partial charge < -0.3 is 15.0 Å². The number of rotatable bonds is 3. The Morgan fingerprint density at radius 1 is 1.33 bits per heavy atom. The van der Waals surface area contributed by atoms with Crippen molar-refractivity contribution in [2.45, 2.75) is 6.61 Å². The van der Waals surface area contributed by atoms with E-state index in [2.05, 4.69) is 5.16 Å². The van der Waals surface area contributed by atoms with Crippen LogP contribution in [-0.2, 0) is 11.3 Å². The topological polar surface area (TPSA) is 61.3 Å². The number of methoxy groups -OCH3 is 1. The fourth-order valence-electron chi connectivity index (χ4n) is 1.49. The van der Waals surface area contributed by atoms with E-state index in [0.717, 1.165) is 16.8 Å². The second-order valence-electron chi connectivity index (χ2n) is 3.17. The summed E-state index contributed by atoms with van der Waals surface area (Å²) >= 11 is 0. The van der Waals surface area contributed by atoms with Crippen LogP contribution in [0.25, 0.3) is 11.1 Å². The van der Waals surface area contributed by atoms with E-state index in [0.29, 0.717) is 12.5 Å². The summed E-state index contributed by atoms with van der Waals surface area (Å²) in [7, 11) is 1.61. The monoisotopic (exact) mass is 204 g/mol. The number of hydrogen-bond donors (Lipinski definition) is 1. The van der Waals surface area contributed by atoms with Crippen molar-refractivity contribution in [1.82, 2.24) is 5.16 Å². The molecule has 4 heteroatoms. The Morgan fingerprint density at radius 2 is 2.07 bits per heavy atom. The number of nitrogens with two attached hydrogens (primary N) is 1. The number of ether oxygens (including phenoxy) is 1. The smallest absolute Gasteiger partial charge is 0.230 e. The normalized spacial score (nSPS) is 10.5. The third-order valence-electron chi connectivity index (χ3n) is 2.13. The van der Waals surface area contributed by atoms with Crippen molar-refractivity contribution in [3.8, 4) is 11.1 Å². The molecular weight excluding hydrogens is 192 g/mol. The second kappa shape index (κ2) is 4.14. The molecule has 0 aliphatic rings. The maximum absolute atomic E-state index is 5.72. The Hall–Kier alpha value is -1.81. The summed E-state index contributed by atoms with van der Waals surface area (Å²) in [4.78, 5) is 0. The SMILES string of the molecule is COCc1noc(N)c1-c1ccccc1. The molecule has 1 aromatic carbocycles. The first-order valence-corrected chi connectivity index (χ1v) is 4.61. The predicted molar refractivity (Wildman–Crippen MR) is 57.1 cm³/mol. The van der Waals surface area contributed by atoms with Crippen LogP contribution < -0.4 is 5.73 Å². The fraction of sp³-hybridized carbons (Fsp3) is 0.182. The Bertz CT molecular complexity index is 437. The van der Waals surface area contributed by atoms with E-state index < -0.39 is 0 Å². The van der Waals surface area contributed by atoms with Crippen LogP contribution >= 0.6 is 0 Å². The third kappa shape index (κ3) is 1.85. The van der Waals surface area contributed by atoms with Gasteiger partial charge in [0.05, 0.1) is 12.2 Å². The van der Waals surface area contributed by atoms with Gasteiger partial charge in [-0.1, -0.05) is 35.5 Å². The van der Waals surface area contributed by atoms with Gasteiger partial charge in [-0.2, -0.15) is 0 Å². The van der Waals surface area contributed by atoms with Gasteiger partial charge in [-0.05, 0) is 5.56 Å². The highest BCUT2D eigenvalue weighted by atomic mass is 16.5. The minimum absolute atomic E-state index is 0.327. The predicted octanol–water partition coefficient (Wildman–Crippen LogP) is 2.07. The fourth-order valence-corrected chi connectivity index (χ4v) is 1.49. The molecule has 78 valence electrons. The zero-order valence-corrected chi connectivity index (χ0v) is 8.43. The number of aromatic nitrogens is 1. The van der Waals surface area contributed by atoms with Crippen molar-refractivity contribution in [2.75, 3.05) is 12.8 Å². The Labute approximate surface area is 87.6 Å². The summed E-state index contributed by atoms with van der Waals surface area (Å²) in [5.41, 5.74) is 8.25. The van der Waals surface area contributed by atoms with Gasteiger partial charge in [0.15, 0.2) is 0 Å². The lowest BCUT2D eigenvalue weighted by Gasteiger charge is -2.00. The van der Waals surface area contributed by atoms with Gasteiger partial charge in [0.1, 0.15) is 5.69 Å². The highest BCUT2D eigenvalue weighted by molar-refractivity contribution is 5.74. The molecule has 2 N–H and O–H groups in total. The zero-order chi connectivity index (χ0) is 10.7. The summed E-state index contributed by atoms with van der Waals surface area (Å²) in [6.07, 6.45) is 0. The van der Waals surface area contributed by atoms with E-state index in [-0.39, 0.29) is 0 Å². The van der Waals surface area contributed by atoms with Crippen LogP contribution in [0.3, 0.4) is 0 Å². The average Bonchev–Trinajstić information content (AvgIpc) is 2.62. The summed E-state index contributed by atoms with van der Waals surface area (Å²) in [6, 6.07) is 9.75. The Balaban J connectivity index is 2.47. The number of anilines is 1. The zero-order valence-electron chi connectivity index (χ0n) is 8.43. The van der Waals surface area contributed by atoms with E-state index in [1.807, 2.05) is 30.3 Å². The lowest BCUT2D eigenvalue weighted by Crippen LogP contribution is -1.92. The van der Waals surface area contributed by atoms with Crippen LogP contribution in [0.2, 0.25) is 0 Å². The van der Waals surface area contributed by atoms with Crippen LogP contribution in [0.15, 0.2) is 34.9 Å². The van der Waals surface area contributed by atoms with Gasteiger partial charge in [-0.25, -0.2) is 0 Å². The summed E-state index contributed by atoms with van der Waals surface area (Å²) in [6.45, 7) is 0.394. The molecule has 0 saturated carbocycles. The number of nitrogen functional groups attached to an aromatic ring is 1. The molecule has 0 aliphatic carbocycles. The van der Waals surface area contributed by atoms with Gasteiger partial charge >= 0.3 is 0 Å². The minimum atomic E-state index is 0.327. The minimum Gasteiger partial charge on any atom is -0.378 e. The second-order valence-corrected chi connectivity index (χ2v) is 3.17. The van der Waals surface area contributed by atoms with Crippen molar-refractivity contribution < 1.29 is 9.26 Å². The molecule has 2 rings (SSSR count). The van der Waals surface area contributed by atoms with Gasteiger partial charge in [0, 0.05) is 7.11 Å². The number of hydrogen-bond acceptors (Lipinski definition) is 4. The first-order chi connectivity index (χ1) is 7.33. The Morgan fingerprint density at radius 3 is 2.73 bits per heavy atom. The van der Waals surface area contributed by atoms with Crippen molar-refractivity contribution >= 4 is 5.88 Å². The maximum Gasteiger partial charge on any atom is 0.230 e. The first kappa shape index (κ1) is 9.73. The highest BCUT2D eigenvalue weighted by Crippen LogP contribution is 2.29. The van der Waals surface area contributed by atoms with Crippen LogP contribution in [0, 0.1) is 0 Å². The third-order valence-corrected chi connectivity index (χ3v) is 2.13. The molecule has 0 saturated heterocycles. The maximum atomic E-state index is 5.72. The molecular formula is C11H12N2O2. The summed E-state index contributed by atoms with van der Waals surface area (Å²) in [5.74, 6) is 0.327. The standard InChI is InChI=1S/C11H12N2O2/c1-14-7-9-10(11(12)15-13-9)8-5-3-2-4-6-8/h2-6H,7,12H2,1H3. The van der Waals surface area contributed by atoms with Gasteiger partial charge in [0.25, 0.3) is 0 Å². The van der Waals surface area contributed by atoms with Crippen molar-refractivity contribution in [3.05, 3.63) is 36.0 Å². The largest absolute Gasteiger partial charge is 0.378 e. The molecule has 0 atom stereocenters. The molecule has 0 fully saturated rings. The van der Waals surface area contributed by atoms with Crippen LogP contribution in [0.5, 0.6) is 0 Å². The average molecular weight is 204 g/mol. The molecule has 0 spiro atoms. The number of benzene rings is 1. The van der Waals surface area contributed by atoms with Gasteiger partial charge in [-0.15, -0.1) is 0 Å². The molecule has 1 aromatic heterocycles. The lowest BCUT2D eigenvalue weighted by atomic mass is 10.1. The van der Waals surface area contributed by atoms with Crippen molar-refractivity contribution in [3.63, 3.8) is 0 Å². The van der Waals surface area contributed by atoms with Crippen LogP contribution in [-0.4, -0.2) is 12.3 Å². The molecule has 0 aliphatic heterocycles. The molecule has 0 unspecified atom stereocenters. The molecule has 0 amide bonds. The molecule has 15 heavy (non-hydrogen) atoms. The molecule has 0 radical (unpaired) electrons.